The minimum absolute atomic E-state index is 0.300. The first-order chi connectivity index (χ1) is 3.62. The van der Waals surface area contributed by atoms with Gasteiger partial charge in [0.1, 0.15) is 0 Å². The van der Waals surface area contributed by atoms with Gasteiger partial charge in [-0.3, -0.25) is 0 Å². The molecule has 0 aromatic carbocycles. The summed E-state index contributed by atoms with van der Waals surface area (Å²) in [4.78, 5) is 0. The molecular weight excluding hydrogens is 96.1 g/mol. The van der Waals surface area contributed by atoms with Gasteiger partial charge in [0.2, 0.25) is 0 Å². The standard InChI is InChI=1S/C8H15/c1-5-7-8(3,4)6-2/h5,7H,2,6H2,1,3-4H3. The molecule has 0 N–H and O–H groups in total. The van der Waals surface area contributed by atoms with Crippen LogP contribution in [0.25, 0.3) is 0 Å². The van der Waals surface area contributed by atoms with E-state index < -0.39 is 0 Å². The van der Waals surface area contributed by atoms with Crippen molar-refractivity contribution >= 4 is 0 Å². The zero-order valence-electron chi connectivity index (χ0n) is 6.07. The minimum Gasteiger partial charge on any atom is -0.0911 e. The van der Waals surface area contributed by atoms with Crippen LogP contribution in [0.1, 0.15) is 27.2 Å². The van der Waals surface area contributed by atoms with Crippen molar-refractivity contribution in [2.24, 2.45) is 5.41 Å². The van der Waals surface area contributed by atoms with Crippen LogP contribution in [0.3, 0.4) is 0 Å². The van der Waals surface area contributed by atoms with Crippen molar-refractivity contribution in [3.63, 3.8) is 0 Å². The first-order valence-electron chi connectivity index (χ1n) is 3.05. The van der Waals surface area contributed by atoms with Crippen molar-refractivity contribution in [1.82, 2.24) is 0 Å². The Balaban J connectivity index is 3.71. The lowest BCUT2D eigenvalue weighted by Crippen LogP contribution is -2.03. The van der Waals surface area contributed by atoms with Gasteiger partial charge in [-0.1, -0.05) is 32.9 Å². The summed E-state index contributed by atoms with van der Waals surface area (Å²) < 4.78 is 0. The Bertz CT molecular complexity index is 78.0. The maximum absolute atomic E-state index is 3.82. The van der Waals surface area contributed by atoms with Gasteiger partial charge in [0.15, 0.2) is 0 Å². The third-order valence-corrected chi connectivity index (χ3v) is 1.26. The molecule has 0 aromatic rings. The maximum atomic E-state index is 3.82. The average molecular weight is 111 g/mol. The van der Waals surface area contributed by atoms with E-state index in [4.69, 9.17) is 0 Å². The lowest BCUT2D eigenvalue weighted by molar-refractivity contribution is 0.486. The van der Waals surface area contributed by atoms with Gasteiger partial charge < -0.3 is 0 Å². The Labute approximate surface area is 52.6 Å². The summed E-state index contributed by atoms with van der Waals surface area (Å²) in [6.45, 7) is 10.2. The van der Waals surface area contributed by atoms with Crippen molar-refractivity contribution in [2.75, 3.05) is 0 Å². The molecule has 0 aliphatic carbocycles. The third kappa shape index (κ3) is 2.84. The number of rotatable bonds is 2. The van der Waals surface area contributed by atoms with Crippen LogP contribution in [0.5, 0.6) is 0 Å². The molecule has 0 rings (SSSR count). The molecule has 0 nitrogen and oxygen atoms in total. The van der Waals surface area contributed by atoms with Crippen LogP contribution in [0.4, 0.5) is 0 Å². The Morgan fingerprint density at radius 1 is 1.50 bits per heavy atom. The zero-order valence-corrected chi connectivity index (χ0v) is 6.07. The van der Waals surface area contributed by atoms with E-state index in [0.717, 1.165) is 6.42 Å². The second kappa shape index (κ2) is 2.91. The summed E-state index contributed by atoms with van der Waals surface area (Å²) in [6, 6.07) is 0. The molecule has 0 fully saturated rings. The Morgan fingerprint density at radius 3 is 2.12 bits per heavy atom. The van der Waals surface area contributed by atoms with Crippen LogP contribution in [-0.4, -0.2) is 0 Å². The van der Waals surface area contributed by atoms with Gasteiger partial charge in [0.25, 0.3) is 0 Å². The van der Waals surface area contributed by atoms with E-state index in [-0.39, 0.29) is 0 Å². The fraction of sp³-hybridized carbons (Fsp3) is 0.625. The number of allylic oxidation sites excluding steroid dienone is 2. The van der Waals surface area contributed by atoms with Crippen LogP contribution >= 0.6 is 0 Å². The largest absolute Gasteiger partial charge is 0.0911 e. The first kappa shape index (κ1) is 7.74. The van der Waals surface area contributed by atoms with Crippen LogP contribution in [0, 0.1) is 12.3 Å². The highest BCUT2D eigenvalue weighted by Gasteiger charge is 2.07. The predicted molar refractivity (Wildman–Crippen MR) is 38.6 cm³/mol. The molecule has 0 amide bonds. The lowest BCUT2D eigenvalue weighted by Gasteiger charge is -2.15. The van der Waals surface area contributed by atoms with Gasteiger partial charge in [0, 0.05) is 0 Å². The summed E-state index contributed by atoms with van der Waals surface area (Å²) >= 11 is 0. The van der Waals surface area contributed by atoms with Crippen molar-refractivity contribution in [3.05, 3.63) is 19.1 Å². The number of hydrogen-bond acceptors (Lipinski definition) is 0. The summed E-state index contributed by atoms with van der Waals surface area (Å²) in [5.74, 6) is 0. The molecule has 47 valence electrons. The van der Waals surface area contributed by atoms with E-state index in [1.54, 1.807) is 0 Å². The topological polar surface area (TPSA) is 0 Å². The molecule has 0 bridgehead atoms. The van der Waals surface area contributed by atoms with E-state index in [9.17, 15) is 0 Å². The molecule has 0 spiro atoms. The highest BCUT2D eigenvalue weighted by atomic mass is 14.1. The molecule has 0 aromatic heterocycles. The second-order valence-corrected chi connectivity index (χ2v) is 2.74. The molecule has 0 unspecified atom stereocenters. The SMILES string of the molecule is [CH2]CC(C)(C)C=CC. The molecule has 8 heavy (non-hydrogen) atoms. The lowest BCUT2D eigenvalue weighted by atomic mass is 9.90. The highest BCUT2D eigenvalue weighted by Crippen LogP contribution is 2.20. The first-order valence-corrected chi connectivity index (χ1v) is 3.05. The zero-order chi connectivity index (χ0) is 6.62. The Morgan fingerprint density at radius 2 is 2.00 bits per heavy atom. The molecule has 1 radical (unpaired) electrons. The minimum atomic E-state index is 0.300. The van der Waals surface area contributed by atoms with E-state index >= 15 is 0 Å². The van der Waals surface area contributed by atoms with E-state index in [0.29, 0.717) is 5.41 Å². The average Bonchev–Trinajstić information content (AvgIpc) is 1.67. The van der Waals surface area contributed by atoms with Gasteiger partial charge in [-0.15, -0.1) is 0 Å². The van der Waals surface area contributed by atoms with Crippen molar-refractivity contribution in [3.8, 4) is 0 Å². The smallest absolute Gasteiger partial charge is 0.0175 e. The summed E-state index contributed by atoms with van der Waals surface area (Å²) in [5, 5.41) is 0. The highest BCUT2D eigenvalue weighted by molar-refractivity contribution is 4.92. The normalized spacial score (nSPS) is 13.0. The van der Waals surface area contributed by atoms with Crippen molar-refractivity contribution in [1.29, 1.82) is 0 Å². The summed E-state index contributed by atoms with van der Waals surface area (Å²) in [7, 11) is 0. The predicted octanol–water partition coefficient (Wildman–Crippen LogP) is 2.81. The summed E-state index contributed by atoms with van der Waals surface area (Å²) in [6.07, 6.45) is 5.22. The second-order valence-electron chi connectivity index (χ2n) is 2.74. The monoisotopic (exact) mass is 111 g/mol. The molecule has 0 aliphatic rings. The van der Waals surface area contributed by atoms with E-state index in [2.05, 4.69) is 32.9 Å². The third-order valence-electron chi connectivity index (χ3n) is 1.26. The molecule has 0 saturated heterocycles. The van der Waals surface area contributed by atoms with Crippen LogP contribution in [0.2, 0.25) is 0 Å². The van der Waals surface area contributed by atoms with E-state index in [1.165, 1.54) is 0 Å². The van der Waals surface area contributed by atoms with Gasteiger partial charge in [-0.2, -0.15) is 0 Å². The molecule has 0 atom stereocenters. The van der Waals surface area contributed by atoms with Gasteiger partial charge in [0.05, 0.1) is 0 Å². The quantitative estimate of drug-likeness (QED) is 0.481. The fourth-order valence-corrected chi connectivity index (χ4v) is 0.535. The molecule has 0 heteroatoms. The molecule has 0 saturated carbocycles. The van der Waals surface area contributed by atoms with Crippen molar-refractivity contribution in [2.45, 2.75) is 27.2 Å². The van der Waals surface area contributed by atoms with Gasteiger partial charge in [-0.25, -0.2) is 0 Å². The van der Waals surface area contributed by atoms with Gasteiger partial charge in [-0.05, 0) is 18.8 Å². The van der Waals surface area contributed by atoms with Gasteiger partial charge >= 0.3 is 0 Å². The molecule has 0 aliphatic heterocycles. The van der Waals surface area contributed by atoms with Crippen LogP contribution < -0.4 is 0 Å². The van der Waals surface area contributed by atoms with Crippen molar-refractivity contribution < 1.29 is 0 Å². The van der Waals surface area contributed by atoms with E-state index in [1.807, 2.05) is 6.92 Å². The van der Waals surface area contributed by atoms with Crippen LogP contribution in [0.15, 0.2) is 12.2 Å². The van der Waals surface area contributed by atoms with Crippen LogP contribution in [-0.2, 0) is 0 Å². The maximum Gasteiger partial charge on any atom is -0.0175 e. The Hall–Kier alpha value is -0.260. The molecular formula is C8H15. The molecule has 0 heterocycles. The Kier molecular flexibility index (Phi) is 2.81. The fourth-order valence-electron chi connectivity index (χ4n) is 0.535. The number of hydrogen-bond donors (Lipinski definition) is 0. The summed E-state index contributed by atoms with van der Waals surface area (Å²) in [5.41, 5.74) is 0.300.